The fraction of sp³-hybridized carbons (Fsp3) is 0.667. The van der Waals surface area contributed by atoms with Crippen molar-refractivity contribution in [2.75, 3.05) is 0 Å². The Morgan fingerprint density at radius 2 is 0.779 bits per heavy atom. The molecule has 0 aliphatic heterocycles. The summed E-state index contributed by atoms with van der Waals surface area (Å²) in [5.74, 6) is 1.33. The molecule has 0 spiro atoms. The van der Waals surface area contributed by atoms with E-state index in [-0.39, 0.29) is 0 Å². The summed E-state index contributed by atoms with van der Waals surface area (Å²) >= 11 is 9.69. The van der Waals surface area contributed by atoms with Gasteiger partial charge in [0.15, 0.2) is 21.0 Å². The highest BCUT2D eigenvalue weighted by molar-refractivity contribution is 7.27. The van der Waals surface area contributed by atoms with Gasteiger partial charge >= 0.3 is 0 Å². The minimum Gasteiger partial charge on any atom is -0.214 e. The Labute approximate surface area is 542 Å². The largest absolute Gasteiger partial charge is 0.214 e. The molecule has 0 bridgehead atoms. The van der Waals surface area contributed by atoms with Gasteiger partial charge in [-0.2, -0.15) is 17.5 Å². The predicted molar refractivity (Wildman–Crippen MR) is 382 cm³/mol. The zero-order valence-electron chi connectivity index (χ0n) is 53.3. The van der Waals surface area contributed by atoms with Crippen LogP contribution in [0.4, 0.5) is 0 Å². The molecule has 0 aliphatic rings. The summed E-state index contributed by atoms with van der Waals surface area (Å²) in [5.41, 5.74) is 9.24. The van der Waals surface area contributed by atoms with Gasteiger partial charge < -0.3 is 0 Å². The van der Waals surface area contributed by atoms with E-state index in [0.717, 1.165) is 88.1 Å². The van der Waals surface area contributed by atoms with Crippen LogP contribution in [0.5, 0.6) is 0 Å². The van der Waals surface area contributed by atoms with Crippen LogP contribution < -0.4 is 0 Å². The molecule has 0 aliphatic carbocycles. The van der Waals surface area contributed by atoms with Crippen LogP contribution in [-0.4, -0.2) is 37.4 Å². The second-order valence-corrected chi connectivity index (χ2v) is 30.5. The van der Waals surface area contributed by atoms with Gasteiger partial charge in [-0.05, 0) is 71.5 Å². The number of thiazole rings is 2. The van der Waals surface area contributed by atoms with Crippen molar-refractivity contribution in [3.8, 4) is 30.2 Å². The van der Waals surface area contributed by atoms with Crippen molar-refractivity contribution in [3.63, 3.8) is 0 Å². The van der Waals surface area contributed by atoms with Crippen molar-refractivity contribution in [2.24, 2.45) is 11.8 Å². The minimum absolute atomic E-state index is 0.615. The van der Waals surface area contributed by atoms with E-state index in [1.165, 1.54) is 306 Å². The van der Waals surface area contributed by atoms with Crippen molar-refractivity contribution >= 4 is 123 Å². The monoisotopic (exact) mass is 1270 g/mol. The van der Waals surface area contributed by atoms with Crippen molar-refractivity contribution in [3.05, 3.63) is 46.8 Å². The summed E-state index contributed by atoms with van der Waals surface area (Å²) in [6, 6.07) is 11.4. The Bertz CT molecular complexity index is 3270. The second-order valence-electron chi connectivity index (χ2n) is 25.5. The highest BCUT2D eigenvalue weighted by Crippen LogP contribution is 2.47. The number of hydrogen-bond acceptors (Lipinski definition) is 14. The van der Waals surface area contributed by atoms with Gasteiger partial charge in [0.2, 0.25) is 0 Å². The molecule has 0 fully saturated rings. The third-order valence-corrected chi connectivity index (χ3v) is 23.9. The van der Waals surface area contributed by atoms with Gasteiger partial charge in [0.05, 0.1) is 33.2 Å². The average Bonchev–Trinajstić information content (AvgIpc) is 1.90. The van der Waals surface area contributed by atoms with E-state index in [9.17, 15) is 0 Å². The molecule has 2 atom stereocenters. The molecule has 0 saturated carbocycles. The summed E-state index contributed by atoms with van der Waals surface area (Å²) in [6.45, 7) is 9.27. The van der Waals surface area contributed by atoms with E-state index in [1.54, 1.807) is 22.7 Å². The molecule has 86 heavy (non-hydrogen) atoms. The summed E-state index contributed by atoms with van der Waals surface area (Å²) in [7, 11) is 0. The zero-order chi connectivity index (χ0) is 59.4. The Hall–Kier alpha value is -3.40. The molecule has 0 saturated heterocycles. The molecule has 0 amide bonds. The van der Waals surface area contributed by atoms with Crippen LogP contribution in [0, 0.1) is 11.8 Å². The number of fused-ring (bicyclic) bond motifs is 7. The van der Waals surface area contributed by atoms with Crippen LogP contribution in [0.1, 0.15) is 296 Å². The molecule has 468 valence electrons. The number of hydrogen-bond donors (Lipinski definition) is 0. The van der Waals surface area contributed by atoms with Gasteiger partial charge in [-0.15, -0.1) is 22.7 Å². The average molecular weight is 1270 g/mol. The van der Waals surface area contributed by atoms with Gasteiger partial charge in [0, 0.05) is 21.2 Å². The maximum absolute atomic E-state index is 5.44. The molecule has 0 radical (unpaired) electrons. The van der Waals surface area contributed by atoms with Crippen molar-refractivity contribution in [1.82, 2.24) is 37.4 Å². The van der Waals surface area contributed by atoms with Crippen molar-refractivity contribution in [1.29, 1.82) is 0 Å². The van der Waals surface area contributed by atoms with Gasteiger partial charge in [-0.1, -0.05) is 307 Å². The van der Waals surface area contributed by atoms with Gasteiger partial charge in [0.1, 0.15) is 32.1 Å². The van der Waals surface area contributed by atoms with Crippen LogP contribution >= 0.6 is 68.8 Å². The Morgan fingerprint density at radius 3 is 1.27 bits per heavy atom. The number of unbranched alkanes of at least 4 members (excludes halogenated alkanes) is 32. The lowest BCUT2D eigenvalue weighted by Crippen LogP contribution is -2.05. The quantitative estimate of drug-likeness (QED) is 0.0348. The molecule has 9 rings (SSSR count). The SMILES string of the molecule is CCCCCCCCCCCCC(CCCCCCCCCC)Cc1ccsc1-c1nc2nc3sc(-c4sc(-c5cc6c(ccc7nsnc76)c6nsnc56)cc4CC(CCCCCCCCCC)CCCCCCCCCCCC)nc3nc2s1. The third-order valence-electron chi connectivity index (χ3n) is 18.4. The van der Waals surface area contributed by atoms with E-state index in [4.69, 9.17) is 33.1 Å². The van der Waals surface area contributed by atoms with Crippen LogP contribution in [0.15, 0.2) is 35.7 Å². The number of benzene rings is 2. The van der Waals surface area contributed by atoms with E-state index in [2.05, 4.69) is 67.8 Å². The van der Waals surface area contributed by atoms with Gasteiger partial charge in [-0.25, -0.2) is 19.9 Å². The smallest absolute Gasteiger partial charge is 0.191 e. The molecule has 2 unspecified atom stereocenters. The lowest BCUT2D eigenvalue weighted by atomic mass is 9.88. The topological polar surface area (TPSA) is 103 Å². The number of thiophene rings is 2. The summed E-state index contributed by atoms with van der Waals surface area (Å²) in [5, 5.41) is 6.55. The van der Waals surface area contributed by atoms with Gasteiger partial charge in [0.25, 0.3) is 0 Å². The maximum Gasteiger partial charge on any atom is 0.191 e. The van der Waals surface area contributed by atoms with Gasteiger partial charge in [-0.3, -0.25) is 0 Å². The van der Waals surface area contributed by atoms with E-state index in [1.807, 2.05) is 22.7 Å². The van der Waals surface area contributed by atoms with Crippen LogP contribution in [0.2, 0.25) is 0 Å². The summed E-state index contributed by atoms with van der Waals surface area (Å²) in [4.78, 5) is 26.9. The van der Waals surface area contributed by atoms with Crippen LogP contribution in [0.25, 0.3) is 84.0 Å². The first-order valence-electron chi connectivity index (χ1n) is 35.0. The molecular formula is C72H104N8S6. The third kappa shape index (κ3) is 20.0. The summed E-state index contributed by atoms with van der Waals surface area (Å²) in [6.07, 6.45) is 56.9. The molecular weight excluding hydrogens is 1170 g/mol. The van der Waals surface area contributed by atoms with E-state index < -0.39 is 0 Å². The molecule has 8 nitrogen and oxygen atoms in total. The molecule has 14 heteroatoms. The van der Waals surface area contributed by atoms with Crippen molar-refractivity contribution in [2.45, 2.75) is 297 Å². The van der Waals surface area contributed by atoms with Crippen molar-refractivity contribution < 1.29 is 0 Å². The molecule has 2 aromatic carbocycles. The molecule has 7 heterocycles. The molecule has 0 N–H and O–H groups in total. The minimum atomic E-state index is 0.615. The highest BCUT2D eigenvalue weighted by Gasteiger charge is 2.25. The predicted octanol–water partition coefficient (Wildman–Crippen LogP) is 26.0. The fourth-order valence-electron chi connectivity index (χ4n) is 13.3. The maximum atomic E-state index is 5.44. The fourth-order valence-corrected chi connectivity index (χ4v) is 18.6. The van der Waals surface area contributed by atoms with Crippen LogP contribution in [0.3, 0.4) is 0 Å². The lowest BCUT2D eigenvalue weighted by Gasteiger charge is -2.17. The molecule has 7 aromatic heterocycles. The first kappa shape index (κ1) is 67.0. The standard InChI is InChI=1S/C72H104N8S6/c1-5-9-13-17-21-25-27-31-35-38-42-53(41-37-33-29-23-19-15-11-7-3)49-55-47-48-81-65(55)69-73-67-71(83-69)76-68-72(75-67)84-70(74-68)66-56(50-54(43-39-34-30-24-20-16-12-8-4)44-40-36-32-28-26-22-18-14-10-6-2)51-61(82-66)59-52-58-57(63-64(59)80-86-79-63)45-46-60-62(58)78-85-77-60/h45-48,51-54H,5-44,49-50H2,1-4H3. The number of nitrogens with zero attached hydrogens (tertiary/aromatic N) is 8. The number of rotatable bonds is 47. The first-order chi connectivity index (χ1) is 42.5. The first-order valence-corrected chi connectivity index (χ1v) is 39.8. The number of aromatic nitrogens is 8. The lowest BCUT2D eigenvalue weighted by molar-refractivity contribution is 0.400. The normalized spacial score (nSPS) is 12.9. The van der Waals surface area contributed by atoms with E-state index >= 15 is 0 Å². The van der Waals surface area contributed by atoms with Crippen LogP contribution in [-0.2, 0) is 12.8 Å². The zero-order valence-corrected chi connectivity index (χ0v) is 58.2. The Balaban J connectivity index is 0.949. The molecule has 9 aromatic rings. The summed E-state index contributed by atoms with van der Waals surface area (Å²) < 4.78 is 19.3. The second kappa shape index (κ2) is 37.7. The Morgan fingerprint density at radius 1 is 0.360 bits per heavy atom. The highest BCUT2D eigenvalue weighted by atomic mass is 32.1. The van der Waals surface area contributed by atoms with E-state index in [0.29, 0.717) is 5.92 Å². The Kier molecular flexibility index (Phi) is 29.4.